The average Bonchev–Trinajstić information content (AvgIpc) is 2.85. The summed E-state index contributed by atoms with van der Waals surface area (Å²) in [7, 11) is 0. The van der Waals surface area contributed by atoms with Gasteiger partial charge in [-0.25, -0.2) is 0 Å². The van der Waals surface area contributed by atoms with Crippen molar-refractivity contribution < 1.29 is 14.2 Å². The Kier molecular flexibility index (Phi) is 8.70. The van der Waals surface area contributed by atoms with E-state index in [0.717, 1.165) is 23.3 Å². The highest BCUT2D eigenvalue weighted by atomic mass is 16.5. The summed E-state index contributed by atoms with van der Waals surface area (Å²) < 4.78 is 17.3. The average molecular weight is 423 g/mol. The first kappa shape index (κ1) is 22.2. The highest BCUT2D eigenvalue weighted by molar-refractivity contribution is 5.30. The standard InChI is InChI=1S/C28H38O3/c1-3-7-23(8-4-1)25-11-15-27(16-12-25)30-21-19-29-20-22-31-28-17-13-26(14-18-28)24-9-5-2-6-10-24/h11-18,23-24H,1-10,19-22H2. The molecule has 0 radical (unpaired) electrons. The second-order valence-electron chi connectivity index (χ2n) is 9.12. The van der Waals surface area contributed by atoms with Crippen molar-refractivity contribution in [2.75, 3.05) is 26.4 Å². The number of benzene rings is 2. The molecule has 31 heavy (non-hydrogen) atoms. The largest absolute Gasteiger partial charge is 0.491 e. The van der Waals surface area contributed by atoms with Crippen molar-refractivity contribution in [1.82, 2.24) is 0 Å². The van der Waals surface area contributed by atoms with E-state index in [9.17, 15) is 0 Å². The molecule has 0 saturated heterocycles. The van der Waals surface area contributed by atoms with E-state index in [1.165, 1.54) is 75.3 Å². The van der Waals surface area contributed by atoms with Gasteiger partial charge in [0.25, 0.3) is 0 Å². The van der Waals surface area contributed by atoms with Crippen molar-refractivity contribution in [2.24, 2.45) is 0 Å². The first-order chi connectivity index (χ1) is 15.4. The van der Waals surface area contributed by atoms with Gasteiger partial charge in [0, 0.05) is 0 Å². The molecule has 2 aromatic carbocycles. The minimum absolute atomic E-state index is 0.568. The summed E-state index contributed by atoms with van der Waals surface area (Å²) in [5.41, 5.74) is 2.93. The Morgan fingerprint density at radius 3 is 1.26 bits per heavy atom. The molecule has 2 saturated carbocycles. The summed E-state index contributed by atoms with van der Waals surface area (Å²) in [4.78, 5) is 0. The molecule has 2 fully saturated rings. The van der Waals surface area contributed by atoms with Crippen LogP contribution >= 0.6 is 0 Å². The van der Waals surface area contributed by atoms with Crippen molar-refractivity contribution in [2.45, 2.75) is 76.0 Å². The minimum atomic E-state index is 0.568. The van der Waals surface area contributed by atoms with Crippen molar-refractivity contribution >= 4 is 0 Å². The monoisotopic (exact) mass is 422 g/mol. The van der Waals surface area contributed by atoms with Crippen LogP contribution in [-0.2, 0) is 4.74 Å². The summed E-state index contributed by atoms with van der Waals surface area (Å²) in [5, 5.41) is 0. The van der Waals surface area contributed by atoms with E-state index in [-0.39, 0.29) is 0 Å². The summed E-state index contributed by atoms with van der Waals surface area (Å²) in [6.07, 6.45) is 13.6. The van der Waals surface area contributed by atoms with Gasteiger partial charge < -0.3 is 14.2 Å². The van der Waals surface area contributed by atoms with E-state index in [1.807, 2.05) is 0 Å². The lowest BCUT2D eigenvalue weighted by molar-refractivity contribution is 0.0764. The molecule has 0 amide bonds. The summed E-state index contributed by atoms with van der Waals surface area (Å²) >= 11 is 0. The molecule has 0 heterocycles. The maximum atomic E-state index is 5.82. The molecule has 4 rings (SSSR count). The Bertz CT molecular complexity index is 675. The normalized spacial score (nSPS) is 18.1. The Labute approximate surface area is 188 Å². The minimum Gasteiger partial charge on any atom is -0.491 e. The van der Waals surface area contributed by atoms with Gasteiger partial charge in [-0.15, -0.1) is 0 Å². The fourth-order valence-electron chi connectivity index (χ4n) is 5.08. The molecule has 2 aliphatic carbocycles. The quantitative estimate of drug-likeness (QED) is 0.377. The molecule has 2 aromatic rings. The van der Waals surface area contributed by atoms with Gasteiger partial charge in [-0.2, -0.15) is 0 Å². The number of ether oxygens (including phenoxy) is 3. The third-order valence-corrected chi connectivity index (χ3v) is 6.91. The zero-order valence-corrected chi connectivity index (χ0v) is 18.9. The summed E-state index contributed by atoms with van der Waals surface area (Å²) in [6.45, 7) is 2.29. The van der Waals surface area contributed by atoms with E-state index in [2.05, 4.69) is 48.5 Å². The molecule has 0 aliphatic heterocycles. The second kappa shape index (κ2) is 12.1. The lowest BCUT2D eigenvalue weighted by Gasteiger charge is -2.22. The number of hydrogen-bond donors (Lipinski definition) is 0. The summed E-state index contributed by atoms with van der Waals surface area (Å²) in [6, 6.07) is 17.3. The SMILES string of the molecule is c1cc(C2CCCCC2)ccc1OCCOCCOc1ccc(C2CCCCC2)cc1. The van der Waals surface area contributed by atoms with E-state index < -0.39 is 0 Å². The van der Waals surface area contributed by atoms with E-state index in [4.69, 9.17) is 14.2 Å². The zero-order chi connectivity index (χ0) is 21.1. The highest BCUT2D eigenvalue weighted by Gasteiger charge is 2.16. The topological polar surface area (TPSA) is 27.7 Å². The second-order valence-corrected chi connectivity index (χ2v) is 9.12. The van der Waals surface area contributed by atoms with Crippen LogP contribution < -0.4 is 9.47 Å². The predicted molar refractivity (Wildman–Crippen MR) is 126 cm³/mol. The first-order valence-corrected chi connectivity index (χ1v) is 12.4. The molecule has 0 N–H and O–H groups in total. The van der Waals surface area contributed by atoms with Gasteiger partial charge in [0.1, 0.15) is 24.7 Å². The molecule has 3 nitrogen and oxygen atoms in total. The zero-order valence-electron chi connectivity index (χ0n) is 18.9. The molecule has 0 bridgehead atoms. The van der Waals surface area contributed by atoms with Crippen LogP contribution in [0.1, 0.15) is 87.2 Å². The van der Waals surface area contributed by atoms with Crippen molar-refractivity contribution in [3.8, 4) is 11.5 Å². The van der Waals surface area contributed by atoms with Crippen LogP contribution in [0.25, 0.3) is 0 Å². The van der Waals surface area contributed by atoms with Crippen LogP contribution in [0, 0.1) is 0 Å². The Balaban J connectivity index is 1.07. The van der Waals surface area contributed by atoms with Gasteiger partial charge in [-0.05, 0) is 72.9 Å². The van der Waals surface area contributed by atoms with Gasteiger partial charge in [0.2, 0.25) is 0 Å². The lowest BCUT2D eigenvalue weighted by atomic mass is 9.84. The van der Waals surface area contributed by atoms with E-state index in [1.54, 1.807) is 0 Å². The van der Waals surface area contributed by atoms with Crippen LogP contribution in [0.3, 0.4) is 0 Å². The molecule has 0 atom stereocenters. The van der Waals surface area contributed by atoms with Crippen LogP contribution in [0.15, 0.2) is 48.5 Å². The van der Waals surface area contributed by atoms with Crippen molar-refractivity contribution in [3.05, 3.63) is 59.7 Å². The van der Waals surface area contributed by atoms with Gasteiger partial charge in [-0.3, -0.25) is 0 Å². The molecule has 0 aromatic heterocycles. The number of hydrogen-bond acceptors (Lipinski definition) is 3. The Morgan fingerprint density at radius 2 is 0.871 bits per heavy atom. The van der Waals surface area contributed by atoms with Crippen LogP contribution in [0.4, 0.5) is 0 Å². The van der Waals surface area contributed by atoms with Crippen LogP contribution in [0.2, 0.25) is 0 Å². The smallest absolute Gasteiger partial charge is 0.119 e. The fourth-order valence-corrected chi connectivity index (χ4v) is 5.08. The third-order valence-electron chi connectivity index (χ3n) is 6.91. The molecular formula is C28H38O3. The molecule has 168 valence electrons. The maximum absolute atomic E-state index is 5.82. The van der Waals surface area contributed by atoms with E-state index >= 15 is 0 Å². The Hall–Kier alpha value is -2.00. The van der Waals surface area contributed by atoms with Crippen LogP contribution in [0.5, 0.6) is 11.5 Å². The van der Waals surface area contributed by atoms with Gasteiger partial charge in [0.15, 0.2) is 0 Å². The molecule has 2 aliphatic rings. The lowest BCUT2D eigenvalue weighted by Crippen LogP contribution is -2.12. The number of rotatable bonds is 10. The predicted octanol–water partition coefficient (Wildman–Crippen LogP) is 7.26. The Morgan fingerprint density at radius 1 is 0.484 bits per heavy atom. The fraction of sp³-hybridized carbons (Fsp3) is 0.571. The molecule has 0 spiro atoms. The van der Waals surface area contributed by atoms with Crippen molar-refractivity contribution in [3.63, 3.8) is 0 Å². The summed E-state index contributed by atoms with van der Waals surface area (Å²) in [5.74, 6) is 3.35. The van der Waals surface area contributed by atoms with Crippen LogP contribution in [-0.4, -0.2) is 26.4 Å². The van der Waals surface area contributed by atoms with Gasteiger partial charge in [-0.1, -0.05) is 62.8 Å². The van der Waals surface area contributed by atoms with E-state index in [0.29, 0.717) is 26.4 Å². The molecule has 3 heteroatoms. The van der Waals surface area contributed by atoms with Gasteiger partial charge >= 0.3 is 0 Å². The first-order valence-electron chi connectivity index (χ1n) is 12.4. The van der Waals surface area contributed by atoms with Gasteiger partial charge in [0.05, 0.1) is 13.2 Å². The van der Waals surface area contributed by atoms with Crippen molar-refractivity contribution in [1.29, 1.82) is 0 Å². The molecule has 0 unspecified atom stereocenters. The highest BCUT2D eigenvalue weighted by Crippen LogP contribution is 2.34. The molecular weight excluding hydrogens is 384 g/mol. The maximum Gasteiger partial charge on any atom is 0.119 e. The third kappa shape index (κ3) is 7.00.